The van der Waals surface area contributed by atoms with E-state index in [9.17, 15) is 9.59 Å². The lowest BCUT2D eigenvalue weighted by Crippen LogP contribution is -2.32. The van der Waals surface area contributed by atoms with Crippen LogP contribution in [0, 0.1) is 11.6 Å². The molecular weight excluding hydrogens is 604 g/mol. The molecule has 2 aromatic carbocycles. The number of ketones is 1. The van der Waals surface area contributed by atoms with Crippen molar-refractivity contribution in [3.8, 4) is 16.9 Å². The van der Waals surface area contributed by atoms with Crippen LogP contribution in [0.3, 0.4) is 0 Å². The summed E-state index contributed by atoms with van der Waals surface area (Å²) >= 11 is 5.91. The molecule has 0 spiro atoms. The number of aryl methyl sites for hydroxylation is 1. The molecule has 7 rings (SSSR count). The summed E-state index contributed by atoms with van der Waals surface area (Å²) < 4.78 is 41.4. The normalized spacial score (nSPS) is 12.7. The standard InChI is InChI=1S/C32H26ClF2N7O3/c1-38-10-7-17-14-23(30(43)18-12-20(34)28(21(35)13-18)40(3)32(44)42-11-8-36-31(42)33)41-9-5-6-19(27(17)41)25-24(45-4)15-22-26(29(25)38)37-16-39(22)2/h5-6,8-9,11-16H,7,10H2,1-4H3. The minimum atomic E-state index is -1.08. The van der Waals surface area contributed by atoms with Crippen molar-refractivity contribution in [1.29, 1.82) is 0 Å². The summed E-state index contributed by atoms with van der Waals surface area (Å²) in [7, 11) is 6.75. The maximum atomic E-state index is 15.5. The molecule has 0 aliphatic carbocycles. The SMILES string of the molecule is COc1cc2c(ncn2C)c2c1-c1cccn3c(C(=O)c4cc(F)c(N(C)C(=O)n5ccnc5Cl)c(F)c4)cc(c13)CCN2C. The molecule has 0 saturated carbocycles. The number of aromatic nitrogens is 5. The lowest BCUT2D eigenvalue weighted by Gasteiger charge is -2.27. The number of fused-ring (bicyclic) bond motifs is 4. The summed E-state index contributed by atoms with van der Waals surface area (Å²) in [5.74, 6) is -2.09. The molecule has 228 valence electrons. The van der Waals surface area contributed by atoms with Crippen molar-refractivity contribution in [3.63, 3.8) is 0 Å². The number of imidazole rings is 2. The van der Waals surface area contributed by atoms with E-state index in [1.807, 2.05) is 36.9 Å². The molecule has 0 atom stereocenters. The highest BCUT2D eigenvalue weighted by molar-refractivity contribution is 6.29. The topological polar surface area (TPSA) is 89.9 Å². The molecule has 13 heteroatoms. The van der Waals surface area contributed by atoms with Gasteiger partial charge in [-0.1, -0.05) is 6.07 Å². The van der Waals surface area contributed by atoms with Gasteiger partial charge in [0, 0.05) is 63.5 Å². The van der Waals surface area contributed by atoms with Gasteiger partial charge in [-0.25, -0.2) is 28.1 Å². The Balaban J connectivity index is 1.35. The Morgan fingerprint density at radius 3 is 2.51 bits per heavy atom. The molecule has 1 amide bonds. The fraction of sp³-hybridized carbons (Fsp3) is 0.188. The first-order chi connectivity index (χ1) is 21.6. The number of benzene rings is 2. The molecular formula is C32H26ClF2N7O3. The van der Waals surface area contributed by atoms with Crippen molar-refractivity contribution in [2.24, 2.45) is 7.05 Å². The second-order valence-corrected chi connectivity index (χ2v) is 11.3. The fourth-order valence-electron chi connectivity index (χ4n) is 6.17. The molecule has 0 bridgehead atoms. The quantitative estimate of drug-likeness (QED) is 0.224. The highest BCUT2D eigenvalue weighted by Crippen LogP contribution is 2.47. The minimum Gasteiger partial charge on any atom is -0.496 e. The first-order valence-corrected chi connectivity index (χ1v) is 14.4. The number of nitrogens with zero attached hydrogens (tertiary/aromatic N) is 7. The molecule has 0 N–H and O–H groups in total. The van der Waals surface area contributed by atoms with E-state index in [0.29, 0.717) is 18.7 Å². The number of ether oxygens (including phenoxy) is 1. The summed E-state index contributed by atoms with van der Waals surface area (Å²) in [5, 5.41) is -0.158. The molecule has 0 saturated heterocycles. The Bertz CT molecular complexity index is 2180. The second-order valence-electron chi connectivity index (χ2n) is 10.9. The Labute approximate surface area is 260 Å². The van der Waals surface area contributed by atoms with Crippen molar-refractivity contribution >= 4 is 51.3 Å². The third kappa shape index (κ3) is 4.27. The van der Waals surface area contributed by atoms with Crippen molar-refractivity contribution in [2.45, 2.75) is 6.42 Å². The van der Waals surface area contributed by atoms with E-state index in [1.54, 1.807) is 30.1 Å². The zero-order valence-electron chi connectivity index (χ0n) is 24.7. The Hall–Kier alpha value is -5.23. The predicted octanol–water partition coefficient (Wildman–Crippen LogP) is 5.96. The monoisotopic (exact) mass is 629 g/mol. The smallest absolute Gasteiger partial charge is 0.334 e. The van der Waals surface area contributed by atoms with Crippen LogP contribution in [0.4, 0.5) is 25.0 Å². The van der Waals surface area contributed by atoms with Crippen LogP contribution < -0.4 is 14.5 Å². The highest BCUT2D eigenvalue weighted by Gasteiger charge is 2.29. The van der Waals surface area contributed by atoms with Crippen LogP contribution in [0.5, 0.6) is 5.75 Å². The fourth-order valence-corrected chi connectivity index (χ4v) is 6.36. The van der Waals surface area contributed by atoms with Gasteiger partial charge in [0.15, 0.2) is 11.6 Å². The number of hydrogen-bond donors (Lipinski definition) is 0. The van der Waals surface area contributed by atoms with Crippen LogP contribution in [0.15, 0.2) is 61.3 Å². The summed E-state index contributed by atoms with van der Waals surface area (Å²) in [5.41, 5.74) is 5.44. The van der Waals surface area contributed by atoms with Gasteiger partial charge in [0.1, 0.15) is 17.0 Å². The maximum absolute atomic E-state index is 15.5. The van der Waals surface area contributed by atoms with E-state index in [-0.39, 0.29) is 16.5 Å². The average molecular weight is 630 g/mol. The molecule has 0 unspecified atom stereocenters. The third-order valence-electron chi connectivity index (χ3n) is 8.35. The number of anilines is 2. The number of halogens is 3. The van der Waals surface area contributed by atoms with Crippen molar-refractivity contribution < 1.29 is 23.1 Å². The molecule has 5 heterocycles. The van der Waals surface area contributed by atoms with Crippen LogP contribution in [0.1, 0.15) is 21.6 Å². The van der Waals surface area contributed by atoms with E-state index in [1.165, 1.54) is 19.4 Å². The van der Waals surface area contributed by atoms with Gasteiger partial charge in [0.2, 0.25) is 11.1 Å². The van der Waals surface area contributed by atoms with Gasteiger partial charge in [-0.15, -0.1) is 0 Å². The highest BCUT2D eigenvalue weighted by atomic mass is 35.5. The van der Waals surface area contributed by atoms with Crippen molar-refractivity contribution in [2.75, 3.05) is 37.5 Å². The minimum absolute atomic E-state index is 0.158. The van der Waals surface area contributed by atoms with Gasteiger partial charge in [-0.2, -0.15) is 0 Å². The van der Waals surface area contributed by atoms with Gasteiger partial charge in [-0.3, -0.25) is 9.69 Å². The third-order valence-corrected chi connectivity index (χ3v) is 8.63. The largest absolute Gasteiger partial charge is 0.496 e. The van der Waals surface area contributed by atoms with Gasteiger partial charge >= 0.3 is 6.03 Å². The first kappa shape index (κ1) is 28.5. The van der Waals surface area contributed by atoms with Crippen LogP contribution in [-0.4, -0.2) is 63.1 Å². The first-order valence-electron chi connectivity index (χ1n) is 14.0. The number of pyridine rings is 1. The van der Waals surface area contributed by atoms with Gasteiger partial charge in [0.25, 0.3) is 0 Å². The van der Waals surface area contributed by atoms with Gasteiger partial charge < -0.3 is 18.6 Å². The molecule has 1 aliphatic heterocycles. The van der Waals surface area contributed by atoms with E-state index in [4.69, 9.17) is 16.3 Å². The number of amides is 1. The zero-order valence-corrected chi connectivity index (χ0v) is 25.4. The predicted molar refractivity (Wildman–Crippen MR) is 167 cm³/mol. The molecule has 0 fully saturated rings. The number of rotatable bonds is 4. The average Bonchev–Trinajstić information content (AvgIpc) is 3.73. The van der Waals surface area contributed by atoms with Crippen molar-refractivity contribution in [1.82, 2.24) is 23.5 Å². The maximum Gasteiger partial charge on any atom is 0.334 e. The molecule has 1 aliphatic rings. The summed E-state index contributed by atoms with van der Waals surface area (Å²) in [6, 6.07) is 8.56. The number of carbonyl (C=O) groups is 2. The summed E-state index contributed by atoms with van der Waals surface area (Å²) in [6.45, 7) is 0.618. The Morgan fingerprint density at radius 1 is 1.07 bits per heavy atom. The van der Waals surface area contributed by atoms with Gasteiger partial charge in [0.05, 0.1) is 41.4 Å². The molecule has 4 aromatic heterocycles. The summed E-state index contributed by atoms with van der Waals surface area (Å²) in [4.78, 5) is 38.1. The van der Waals surface area contributed by atoms with Crippen LogP contribution in [0.25, 0.3) is 27.7 Å². The zero-order chi connectivity index (χ0) is 31.7. The van der Waals surface area contributed by atoms with Crippen LogP contribution >= 0.6 is 11.6 Å². The van der Waals surface area contributed by atoms with Crippen LogP contribution in [0.2, 0.25) is 5.28 Å². The van der Waals surface area contributed by atoms with Crippen molar-refractivity contribution in [3.05, 3.63) is 95.1 Å². The van der Waals surface area contributed by atoms with Crippen LogP contribution in [-0.2, 0) is 13.5 Å². The molecule has 10 nitrogen and oxygen atoms in total. The number of methoxy groups -OCH3 is 1. The lowest BCUT2D eigenvalue weighted by molar-refractivity contribution is 0.103. The molecule has 0 radical (unpaired) electrons. The lowest BCUT2D eigenvalue weighted by atomic mass is 9.96. The number of carbonyl (C=O) groups excluding carboxylic acids is 2. The Morgan fingerprint density at radius 2 is 1.82 bits per heavy atom. The van der Waals surface area contributed by atoms with E-state index < -0.39 is 29.1 Å². The number of likely N-dealkylation sites (N-methyl/N-ethyl adjacent to an activating group) is 1. The van der Waals surface area contributed by atoms with E-state index in [2.05, 4.69) is 14.9 Å². The van der Waals surface area contributed by atoms with E-state index in [0.717, 1.165) is 60.5 Å². The Kier molecular flexibility index (Phi) is 6.62. The van der Waals surface area contributed by atoms with E-state index >= 15 is 8.78 Å². The second kappa shape index (κ2) is 10.4. The molecule has 6 aromatic rings. The van der Waals surface area contributed by atoms with Gasteiger partial charge in [-0.05, 0) is 47.9 Å². The molecule has 45 heavy (non-hydrogen) atoms. The number of hydrogen-bond acceptors (Lipinski definition) is 6. The summed E-state index contributed by atoms with van der Waals surface area (Å²) in [6.07, 6.45) is 6.69.